The van der Waals surface area contributed by atoms with Crippen LogP contribution in [0.5, 0.6) is 5.75 Å². The Labute approximate surface area is 118 Å². The molecule has 1 aromatic carbocycles. The first-order valence-corrected chi connectivity index (χ1v) is 8.12. The predicted octanol–water partition coefficient (Wildman–Crippen LogP) is 2.93. The van der Waals surface area contributed by atoms with Gasteiger partial charge in [-0.05, 0) is 26.3 Å². The zero-order valence-electron chi connectivity index (χ0n) is 12.1. The maximum absolute atomic E-state index is 6.01. The second-order valence-corrected chi connectivity index (χ2v) is 5.82. The van der Waals surface area contributed by atoms with Crippen LogP contribution >= 0.6 is 0 Å². The molecule has 0 aliphatic heterocycles. The van der Waals surface area contributed by atoms with Crippen LogP contribution in [0.1, 0.15) is 32.8 Å². The van der Waals surface area contributed by atoms with Gasteiger partial charge in [-0.2, -0.15) is 0 Å². The van der Waals surface area contributed by atoms with E-state index in [0.717, 1.165) is 17.7 Å². The lowest BCUT2D eigenvalue weighted by Gasteiger charge is -2.31. The standard InChI is InChI=1S/C15H24O3Si/c1-5-13-11-9-10-12-14(13)18-19-15(6-2,16-7-3)17-8-4/h5,9-12H,1,6-8,19H2,2-4H3. The van der Waals surface area contributed by atoms with Crippen LogP contribution in [0.4, 0.5) is 0 Å². The van der Waals surface area contributed by atoms with Gasteiger partial charge in [-0.3, -0.25) is 0 Å². The number of hydrogen-bond donors (Lipinski definition) is 0. The molecule has 0 saturated heterocycles. The van der Waals surface area contributed by atoms with Crippen LogP contribution in [-0.2, 0) is 9.47 Å². The minimum absolute atomic E-state index is 0.530. The van der Waals surface area contributed by atoms with Gasteiger partial charge in [-0.1, -0.05) is 37.8 Å². The smallest absolute Gasteiger partial charge is 0.283 e. The van der Waals surface area contributed by atoms with Gasteiger partial charge in [-0.15, -0.1) is 0 Å². The summed E-state index contributed by atoms with van der Waals surface area (Å²) in [6.07, 6.45) is 2.61. The average Bonchev–Trinajstić information content (AvgIpc) is 2.45. The first-order valence-electron chi connectivity index (χ1n) is 6.83. The molecular formula is C15H24O3Si. The summed E-state index contributed by atoms with van der Waals surface area (Å²) in [7, 11) is -1.02. The summed E-state index contributed by atoms with van der Waals surface area (Å²) >= 11 is 0. The van der Waals surface area contributed by atoms with E-state index in [9.17, 15) is 0 Å². The maximum atomic E-state index is 6.01. The third kappa shape index (κ3) is 4.49. The Balaban J connectivity index is 2.77. The summed E-state index contributed by atoms with van der Waals surface area (Å²) in [6, 6.07) is 7.89. The summed E-state index contributed by atoms with van der Waals surface area (Å²) < 4.78 is 17.6. The van der Waals surface area contributed by atoms with Gasteiger partial charge in [0.25, 0.3) is 9.76 Å². The molecule has 0 aliphatic carbocycles. The molecule has 0 spiro atoms. The van der Waals surface area contributed by atoms with Gasteiger partial charge in [0.15, 0.2) is 5.41 Å². The molecule has 4 heteroatoms. The van der Waals surface area contributed by atoms with Gasteiger partial charge < -0.3 is 13.9 Å². The van der Waals surface area contributed by atoms with Crippen LogP contribution in [0, 0.1) is 0 Å². The molecule has 0 bridgehead atoms. The Kier molecular flexibility index (Phi) is 6.84. The maximum Gasteiger partial charge on any atom is 0.283 e. The van der Waals surface area contributed by atoms with Crippen LogP contribution in [0.25, 0.3) is 6.08 Å². The molecule has 0 N–H and O–H groups in total. The molecule has 1 aromatic rings. The van der Waals surface area contributed by atoms with Crippen LogP contribution in [-0.4, -0.2) is 28.4 Å². The third-order valence-electron chi connectivity index (χ3n) is 2.94. The lowest BCUT2D eigenvalue weighted by atomic mass is 10.2. The van der Waals surface area contributed by atoms with E-state index in [4.69, 9.17) is 13.9 Å². The summed E-state index contributed by atoms with van der Waals surface area (Å²) in [5.41, 5.74) is 0.477. The van der Waals surface area contributed by atoms with Gasteiger partial charge in [0.1, 0.15) is 5.75 Å². The molecule has 106 valence electrons. The summed E-state index contributed by atoms with van der Waals surface area (Å²) in [5, 5.41) is 0. The van der Waals surface area contributed by atoms with E-state index in [1.807, 2.05) is 38.1 Å². The second kappa shape index (κ2) is 8.14. The molecule has 0 aromatic heterocycles. The fourth-order valence-electron chi connectivity index (χ4n) is 1.93. The van der Waals surface area contributed by atoms with Gasteiger partial charge in [0.2, 0.25) is 0 Å². The van der Waals surface area contributed by atoms with Crippen LogP contribution in [0.15, 0.2) is 30.8 Å². The zero-order chi connectivity index (χ0) is 14.1. The number of para-hydroxylation sites is 1. The fourth-order valence-corrected chi connectivity index (χ4v) is 3.34. The minimum Gasteiger partial charge on any atom is -0.543 e. The van der Waals surface area contributed by atoms with E-state index in [1.165, 1.54) is 0 Å². The van der Waals surface area contributed by atoms with Crippen LogP contribution in [0.3, 0.4) is 0 Å². The molecule has 0 heterocycles. The normalized spacial score (nSPS) is 11.9. The van der Waals surface area contributed by atoms with Gasteiger partial charge in [-0.25, -0.2) is 0 Å². The molecule has 0 radical (unpaired) electrons. The number of hydrogen-bond acceptors (Lipinski definition) is 3. The molecule has 0 aliphatic rings. The van der Waals surface area contributed by atoms with E-state index in [0.29, 0.717) is 13.2 Å². The van der Waals surface area contributed by atoms with Crippen molar-refractivity contribution in [3.8, 4) is 5.75 Å². The van der Waals surface area contributed by atoms with E-state index < -0.39 is 15.2 Å². The Morgan fingerprint density at radius 2 is 1.79 bits per heavy atom. The molecule has 0 amide bonds. The molecule has 19 heavy (non-hydrogen) atoms. The molecule has 0 saturated carbocycles. The van der Waals surface area contributed by atoms with Crippen molar-refractivity contribution in [2.75, 3.05) is 13.2 Å². The quantitative estimate of drug-likeness (QED) is 0.514. The highest BCUT2D eigenvalue weighted by molar-refractivity contribution is 6.32. The fraction of sp³-hybridized carbons (Fsp3) is 0.467. The molecule has 0 fully saturated rings. The van der Waals surface area contributed by atoms with Crippen molar-refractivity contribution in [2.45, 2.75) is 32.6 Å². The minimum atomic E-state index is -1.02. The Morgan fingerprint density at radius 1 is 1.16 bits per heavy atom. The average molecular weight is 280 g/mol. The van der Waals surface area contributed by atoms with Crippen molar-refractivity contribution < 1.29 is 13.9 Å². The first-order chi connectivity index (χ1) is 9.21. The Bertz CT molecular complexity index is 387. The van der Waals surface area contributed by atoms with Crippen molar-refractivity contribution in [3.05, 3.63) is 36.4 Å². The second-order valence-electron chi connectivity index (χ2n) is 4.16. The van der Waals surface area contributed by atoms with Crippen molar-refractivity contribution in [1.82, 2.24) is 0 Å². The Morgan fingerprint density at radius 3 is 2.32 bits per heavy atom. The van der Waals surface area contributed by atoms with E-state index in [1.54, 1.807) is 6.08 Å². The molecule has 1 rings (SSSR count). The summed E-state index contributed by atoms with van der Waals surface area (Å²) in [4.78, 5) is 0. The molecule has 0 unspecified atom stereocenters. The van der Waals surface area contributed by atoms with Gasteiger partial charge in [0, 0.05) is 18.8 Å². The number of rotatable bonds is 9. The highest BCUT2D eigenvalue weighted by Gasteiger charge is 2.31. The van der Waals surface area contributed by atoms with Crippen molar-refractivity contribution >= 4 is 15.8 Å². The van der Waals surface area contributed by atoms with Crippen LogP contribution < -0.4 is 4.43 Å². The van der Waals surface area contributed by atoms with Gasteiger partial charge in [0.05, 0.1) is 0 Å². The van der Waals surface area contributed by atoms with E-state index in [2.05, 4.69) is 13.5 Å². The summed E-state index contributed by atoms with van der Waals surface area (Å²) in [6.45, 7) is 11.1. The summed E-state index contributed by atoms with van der Waals surface area (Å²) in [5.74, 6) is 0.862. The molecule has 3 nitrogen and oxygen atoms in total. The Hall–Kier alpha value is -1.10. The number of ether oxygens (including phenoxy) is 2. The molecular weight excluding hydrogens is 256 g/mol. The zero-order valence-corrected chi connectivity index (χ0v) is 13.6. The highest BCUT2D eigenvalue weighted by Crippen LogP contribution is 2.22. The highest BCUT2D eigenvalue weighted by atomic mass is 28.2. The molecule has 0 atom stereocenters. The lowest BCUT2D eigenvalue weighted by Crippen LogP contribution is -2.44. The van der Waals surface area contributed by atoms with Crippen molar-refractivity contribution in [1.29, 1.82) is 0 Å². The van der Waals surface area contributed by atoms with E-state index >= 15 is 0 Å². The first kappa shape index (κ1) is 16.0. The van der Waals surface area contributed by atoms with Crippen molar-refractivity contribution in [3.63, 3.8) is 0 Å². The van der Waals surface area contributed by atoms with Crippen LogP contribution in [0.2, 0.25) is 0 Å². The van der Waals surface area contributed by atoms with Crippen molar-refractivity contribution in [2.24, 2.45) is 0 Å². The monoisotopic (exact) mass is 280 g/mol. The SMILES string of the molecule is C=Cc1ccccc1O[SiH2]C(CC)(OCC)OCC. The topological polar surface area (TPSA) is 27.7 Å². The number of benzene rings is 1. The predicted molar refractivity (Wildman–Crippen MR) is 82.0 cm³/mol. The van der Waals surface area contributed by atoms with E-state index in [-0.39, 0.29) is 0 Å². The third-order valence-corrected chi connectivity index (χ3v) is 4.74. The largest absolute Gasteiger partial charge is 0.543 e. The van der Waals surface area contributed by atoms with Gasteiger partial charge >= 0.3 is 0 Å². The lowest BCUT2D eigenvalue weighted by molar-refractivity contribution is -0.181.